The summed E-state index contributed by atoms with van der Waals surface area (Å²) in [7, 11) is 5.15. The average molecular weight is 295 g/mol. The van der Waals surface area contributed by atoms with Crippen molar-refractivity contribution >= 4 is 0 Å². The van der Waals surface area contributed by atoms with Crippen LogP contribution in [0.3, 0.4) is 0 Å². The SMILES string of the molecule is CNC(c1ccc(OC)c(F)c1)C1(OC)CCCC(C)C1. The molecule has 3 atom stereocenters. The molecule has 1 fully saturated rings. The quantitative estimate of drug-likeness (QED) is 0.898. The molecule has 2 rings (SSSR count). The first-order valence-corrected chi connectivity index (χ1v) is 7.62. The number of halogens is 1. The zero-order chi connectivity index (χ0) is 15.5. The van der Waals surface area contributed by atoms with Gasteiger partial charge in [0.1, 0.15) is 0 Å². The Labute approximate surface area is 126 Å². The number of hydrogen-bond acceptors (Lipinski definition) is 3. The molecule has 0 saturated heterocycles. The van der Waals surface area contributed by atoms with Crippen molar-refractivity contribution in [3.63, 3.8) is 0 Å². The van der Waals surface area contributed by atoms with E-state index in [9.17, 15) is 4.39 Å². The van der Waals surface area contributed by atoms with Crippen LogP contribution in [0.15, 0.2) is 18.2 Å². The molecule has 1 N–H and O–H groups in total. The maximum absolute atomic E-state index is 14.0. The van der Waals surface area contributed by atoms with Crippen molar-refractivity contribution < 1.29 is 13.9 Å². The van der Waals surface area contributed by atoms with Crippen LogP contribution in [0.2, 0.25) is 0 Å². The molecular formula is C17H26FNO2. The number of methoxy groups -OCH3 is 2. The minimum atomic E-state index is -0.328. The van der Waals surface area contributed by atoms with Crippen molar-refractivity contribution in [3.8, 4) is 5.75 Å². The Morgan fingerprint density at radius 3 is 2.67 bits per heavy atom. The van der Waals surface area contributed by atoms with Gasteiger partial charge in [-0.3, -0.25) is 0 Å². The summed E-state index contributed by atoms with van der Waals surface area (Å²) in [5, 5.41) is 3.33. The summed E-state index contributed by atoms with van der Waals surface area (Å²) in [4.78, 5) is 0. The third-order valence-electron chi connectivity index (χ3n) is 4.72. The normalized spacial score (nSPS) is 27.4. The predicted octanol–water partition coefficient (Wildman–Crippen LogP) is 3.69. The molecule has 1 aromatic rings. The fraction of sp³-hybridized carbons (Fsp3) is 0.647. The molecule has 0 aliphatic heterocycles. The fourth-order valence-corrected chi connectivity index (χ4v) is 3.70. The molecule has 0 heterocycles. The summed E-state index contributed by atoms with van der Waals surface area (Å²) in [6.45, 7) is 2.26. The fourth-order valence-electron chi connectivity index (χ4n) is 3.70. The Morgan fingerprint density at radius 1 is 1.38 bits per heavy atom. The van der Waals surface area contributed by atoms with Crippen molar-refractivity contribution in [2.45, 2.75) is 44.2 Å². The van der Waals surface area contributed by atoms with E-state index in [1.807, 2.05) is 13.1 Å². The summed E-state index contributed by atoms with van der Waals surface area (Å²) in [5.41, 5.74) is 0.639. The van der Waals surface area contributed by atoms with E-state index < -0.39 is 0 Å². The molecule has 21 heavy (non-hydrogen) atoms. The van der Waals surface area contributed by atoms with Crippen LogP contribution in [0.1, 0.15) is 44.2 Å². The maximum Gasteiger partial charge on any atom is 0.165 e. The van der Waals surface area contributed by atoms with Crippen LogP contribution in [-0.4, -0.2) is 26.9 Å². The summed E-state index contributed by atoms with van der Waals surface area (Å²) in [6.07, 6.45) is 4.36. The van der Waals surface area contributed by atoms with Gasteiger partial charge in [-0.05, 0) is 43.5 Å². The lowest BCUT2D eigenvalue weighted by molar-refractivity contribution is -0.0790. The predicted molar refractivity (Wildman–Crippen MR) is 82.1 cm³/mol. The second-order valence-electron chi connectivity index (χ2n) is 6.09. The molecule has 3 unspecified atom stereocenters. The lowest BCUT2D eigenvalue weighted by atomic mass is 9.72. The first kappa shape index (κ1) is 16.2. The highest BCUT2D eigenvalue weighted by Crippen LogP contribution is 2.43. The molecular weight excluding hydrogens is 269 g/mol. The Bertz CT molecular complexity index is 480. The van der Waals surface area contributed by atoms with Gasteiger partial charge in [-0.15, -0.1) is 0 Å². The standard InChI is InChI=1S/C17H26FNO2/c1-12-6-5-9-17(11-12,21-4)16(19-2)13-7-8-15(20-3)14(18)10-13/h7-8,10,12,16,19H,5-6,9,11H2,1-4H3. The molecule has 0 radical (unpaired) electrons. The summed E-state index contributed by atoms with van der Waals surface area (Å²) in [5.74, 6) is 0.570. The highest BCUT2D eigenvalue weighted by Gasteiger charge is 2.42. The van der Waals surface area contributed by atoms with E-state index in [-0.39, 0.29) is 23.2 Å². The van der Waals surface area contributed by atoms with Gasteiger partial charge in [-0.2, -0.15) is 0 Å². The van der Waals surface area contributed by atoms with Gasteiger partial charge in [0.2, 0.25) is 0 Å². The molecule has 1 aromatic carbocycles. The Hall–Kier alpha value is -1.13. The molecule has 0 spiro atoms. The third kappa shape index (κ3) is 3.22. The number of likely N-dealkylation sites (N-methyl/N-ethyl adjacent to an activating group) is 1. The Balaban J connectivity index is 2.35. The van der Waals surface area contributed by atoms with Gasteiger partial charge >= 0.3 is 0 Å². The zero-order valence-corrected chi connectivity index (χ0v) is 13.4. The topological polar surface area (TPSA) is 30.5 Å². The number of ether oxygens (including phenoxy) is 2. The summed E-state index contributed by atoms with van der Waals surface area (Å²) >= 11 is 0. The van der Waals surface area contributed by atoms with E-state index >= 15 is 0 Å². The van der Waals surface area contributed by atoms with E-state index in [4.69, 9.17) is 9.47 Å². The van der Waals surface area contributed by atoms with Gasteiger partial charge in [-0.1, -0.05) is 25.8 Å². The summed E-state index contributed by atoms with van der Waals surface area (Å²) in [6, 6.07) is 5.14. The largest absolute Gasteiger partial charge is 0.494 e. The number of rotatable bonds is 5. The number of hydrogen-bond donors (Lipinski definition) is 1. The van der Waals surface area contributed by atoms with E-state index in [2.05, 4.69) is 12.2 Å². The molecule has 0 aromatic heterocycles. The van der Waals surface area contributed by atoms with Crippen LogP contribution in [0, 0.1) is 11.7 Å². The van der Waals surface area contributed by atoms with E-state index in [0.29, 0.717) is 5.92 Å². The van der Waals surface area contributed by atoms with E-state index in [0.717, 1.165) is 24.8 Å². The first-order chi connectivity index (χ1) is 10.1. The van der Waals surface area contributed by atoms with Crippen LogP contribution < -0.4 is 10.1 Å². The van der Waals surface area contributed by atoms with Crippen LogP contribution in [0.5, 0.6) is 5.75 Å². The van der Waals surface area contributed by atoms with Crippen molar-refractivity contribution in [2.75, 3.05) is 21.3 Å². The molecule has 1 saturated carbocycles. The average Bonchev–Trinajstić information content (AvgIpc) is 2.48. The second kappa shape index (κ2) is 6.75. The van der Waals surface area contributed by atoms with Crippen molar-refractivity contribution in [1.82, 2.24) is 5.32 Å². The highest BCUT2D eigenvalue weighted by atomic mass is 19.1. The van der Waals surface area contributed by atoms with Gasteiger partial charge in [-0.25, -0.2) is 4.39 Å². The highest BCUT2D eigenvalue weighted by molar-refractivity contribution is 5.32. The first-order valence-electron chi connectivity index (χ1n) is 7.62. The van der Waals surface area contributed by atoms with E-state index in [1.165, 1.54) is 13.5 Å². The Kier molecular flexibility index (Phi) is 5.22. The van der Waals surface area contributed by atoms with Crippen LogP contribution >= 0.6 is 0 Å². The molecule has 4 heteroatoms. The van der Waals surface area contributed by atoms with Gasteiger partial charge in [0.15, 0.2) is 11.6 Å². The number of benzene rings is 1. The molecule has 0 bridgehead atoms. The van der Waals surface area contributed by atoms with Crippen molar-refractivity contribution in [3.05, 3.63) is 29.6 Å². The third-order valence-corrected chi connectivity index (χ3v) is 4.72. The number of nitrogens with one attached hydrogen (secondary N) is 1. The molecule has 118 valence electrons. The van der Waals surface area contributed by atoms with Crippen molar-refractivity contribution in [2.24, 2.45) is 5.92 Å². The van der Waals surface area contributed by atoms with Gasteiger partial charge in [0.25, 0.3) is 0 Å². The van der Waals surface area contributed by atoms with Crippen LogP contribution in [0.4, 0.5) is 4.39 Å². The van der Waals surface area contributed by atoms with Gasteiger partial charge in [0.05, 0.1) is 18.8 Å². The van der Waals surface area contributed by atoms with Gasteiger partial charge < -0.3 is 14.8 Å². The lowest BCUT2D eigenvalue weighted by Crippen LogP contribution is -2.47. The summed E-state index contributed by atoms with van der Waals surface area (Å²) < 4.78 is 25.0. The molecule has 3 nitrogen and oxygen atoms in total. The van der Waals surface area contributed by atoms with Gasteiger partial charge in [0, 0.05) is 7.11 Å². The molecule has 0 amide bonds. The second-order valence-corrected chi connectivity index (χ2v) is 6.09. The minimum Gasteiger partial charge on any atom is -0.494 e. The van der Waals surface area contributed by atoms with Crippen molar-refractivity contribution in [1.29, 1.82) is 0 Å². The molecule has 1 aliphatic rings. The van der Waals surface area contributed by atoms with E-state index in [1.54, 1.807) is 19.2 Å². The minimum absolute atomic E-state index is 0.0225. The smallest absolute Gasteiger partial charge is 0.165 e. The lowest BCUT2D eigenvalue weighted by Gasteiger charge is -2.44. The van der Waals surface area contributed by atoms with Crippen LogP contribution in [-0.2, 0) is 4.74 Å². The Morgan fingerprint density at radius 2 is 2.14 bits per heavy atom. The molecule has 1 aliphatic carbocycles. The monoisotopic (exact) mass is 295 g/mol. The zero-order valence-electron chi connectivity index (χ0n) is 13.4. The van der Waals surface area contributed by atoms with Crippen LogP contribution in [0.25, 0.3) is 0 Å². The maximum atomic E-state index is 14.0.